The first-order valence-corrected chi connectivity index (χ1v) is 5.23. The number of aromatic hydroxyl groups is 1. The molecular weight excluding hydrogens is 223 g/mol. The Morgan fingerprint density at radius 1 is 1.35 bits per heavy atom. The van der Waals surface area contributed by atoms with Crippen molar-refractivity contribution in [3.8, 4) is 5.88 Å². The van der Waals surface area contributed by atoms with Crippen molar-refractivity contribution in [2.75, 3.05) is 0 Å². The van der Waals surface area contributed by atoms with Crippen molar-refractivity contribution in [2.24, 2.45) is 0 Å². The minimum absolute atomic E-state index is 0.240. The molecule has 1 N–H and O–H groups in total. The second-order valence-electron chi connectivity index (χ2n) is 3.70. The minimum Gasteiger partial charge on any atom is -0.491 e. The van der Waals surface area contributed by atoms with Crippen LogP contribution in [0.3, 0.4) is 0 Å². The van der Waals surface area contributed by atoms with Gasteiger partial charge in [-0.15, -0.1) is 10.2 Å². The van der Waals surface area contributed by atoms with Gasteiger partial charge in [0.25, 0.3) is 5.88 Å². The van der Waals surface area contributed by atoms with E-state index < -0.39 is 5.82 Å². The molecule has 17 heavy (non-hydrogen) atoms. The van der Waals surface area contributed by atoms with Gasteiger partial charge in [0.2, 0.25) is 5.65 Å². The van der Waals surface area contributed by atoms with E-state index in [1.54, 1.807) is 10.5 Å². The molecule has 0 aliphatic heterocycles. The van der Waals surface area contributed by atoms with E-state index in [9.17, 15) is 9.50 Å². The lowest BCUT2D eigenvalue weighted by atomic mass is 10.3. The highest BCUT2D eigenvalue weighted by atomic mass is 19.1. The highest BCUT2D eigenvalue weighted by Crippen LogP contribution is 2.22. The van der Waals surface area contributed by atoms with Crippen LogP contribution in [0.2, 0.25) is 0 Å². The van der Waals surface area contributed by atoms with E-state index in [2.05, 4.69) is 15.2 Å². The van der Waals surface area contributed by atoms with Gasteiger partial charge in [0.15, 0.2) is 0 Å². The molecule has 1 aromatic carbocycles. The summed E-state index contributed by atoms with van der Waals surface area (Å²) in [6.07, 6.45) is 0.664. The van der Waals surface area contributed by atoms with E-state index in [1.165, 1.54) is 12.1 Å². The van der Waals surface area contributed by atoms with E-state index in [-0.39, 0.29) is 5.88 Å². The lowest BCUT2D eigenvalue weighted by molar-refractivity contribution is 0.458. The van der Waals surface area contributed by atoms with E-state index >= 15 is 0 Å². The summed E-state index contributed by atoms with van der Waals surface area (Å²) in [5.41, 5.74) is 1.35. The quantitative estimate of drug-likeness (QED) is 0.693. The van der Waals surface area contributed by atoms with Gasteiger partial charge in [-0.25, -0.2) is 9.37 Å². The first-order chi connectivity index (χ1) is 8.20. The number of rotatable bonds is 1. The normalized spacial score (nSPS) is 11.4. The van der Waals surface area contributed by atoms with Gasteiger partial charge in [-0.3, -0.25) is 4.40 Å². The summed E-state index contributed by atoms with van der Waals surface area (Å²) in [4.78, 5) is 3.90. The fourth-order valence-corrected chi connectivity index (χ4v) is 1.88. The molecule has 0 spiro atoms. The smallest absolute Gasteiger partial charge is 0.258 e. The second-order valence-corrected chi connectivity index (χ2v) is 3.70. The summed E-state index contributed by atoms with van der Waals surface area (Å²) in [5, 5.41) is 17.5. The summed E-state index contributed by atoms with van der Waals surface area (Å²) in [7, 11) is 0. The SMILES string of the molecule is CCc1nnc2c(O)nc3cc(F)ccc3n12. The fraction of sp³-hybridized carbons (Fsp3) is 0.182. The summed E-state index contributed by atoms with van der Waals surface area (Å²) >= 11 is 0. The topological polar surface area (TPSA) is 63.3 Å². The second kappa shape index (κ2) is 3.38. The monoisotopic (exact) mass is 232 g/mol. The first kappa shape index (κ1) is 9.95. The van der Waals surface area contributed by atoms with Crippen LogP contribution < -0.4 is 0 Å². The predicted molar refractivity (Wildman–Crippen MR) is 59.3 cm³/mol. The van der Waals surface area contributed by atoms with Gasteiger partial charge in [-0.2, -0.15) is 0 Å². The summed E-state index contributed by atoms with van der Waals surface area (Å²) in [6, 6.07) is 4.22. The zero-order valence-corrected chi connectivity index (χ0v) is 9.05. The van der Waals surface area contributed by atoms with Crippen molar-refractivity contribution in [1.29, 1.82) is 0 Å². The third kappa shape index (κ3) is 1.33. The van der Waals surface area contributed by atoms with Gasteiger partial charge >= 0.3 is 0 Å². The average Bonchev–Trinajstić information content (AvgIpc) is 2.73. The van der Waals surface area contributed by atoms with Crippen LogP contribution in [0, 0.1) is 5.82 Å². The van der Waals surface area contributed by atoms with Crippen molar-refractivity contribution < 1.29 is 9.50 Å². The van der Waals surface area contributed by atoms with Crippen molar-refractivity contribution in [1.82, 2.24) is 19.6 Å². The van der Waals surface area contributed by atoms with Crippen molar-refractivity contribution >= 4 is 16.7 Å². The number of benzene rings is 1. The third-order valence-electron chi connectivity index (χ3n) is 2.65. The molecule has 0 saturated carbocycles. The molecule has 2 heterocycles. The molecule has 5 nitrogen and oxygen atoms in total. The third-order valence-corrected chi connectivity index (χ3v) is 2.65. The molecular formula is C11H9FN4O. The number of hydrogen-bond acceptors (Lipinski definition) is 4. The van der Waals surface area contributed by atoms with Crippen molar-refractivity contribution in [3.05, 3.63) is 29.8 Å². The minimum atomic E-state index is -0.394. The Labute approximate surface area is 95.5 Å². The molecule has 6 heteroatoms. The van der Waals surface area contributed by atoms with Crippen molar-refractivity contribution in [3.63, 3.8) is 0 Å². The van der Waals surface area contributed by atoms with Gasteiger partial charge in [0.05, 0.1) is 11.0 Å². The molecule has 0 amide bonds. The standard InChI is InChI=1S/C11H9FN4O/c1-2-9-14-15-10-11(17)13-7-5-6(12)3-4-8(7)16(9)10/h3-5H,2H2,1H3,(H,13,17). The molecule has 3 aromatic rings. The lowest BCUT2D eigenvalue weighted by Crippen LogP contribution is -1.97. The van der Waals surface area contributed by atoms with E-state index in [1.807, 2.05) is 6.92 Å². The van der Waals surface area contributed by atoms with Crippen LogP contribution in [0.25, 0.3) is 16.7 Å². The molecule has 86 valence electrons. The maximum Gasteiger partial charge on any atom is 0.258 e. The van der Waals surface area contributed by atoms with Crippen LogP contribution in [-0.4, -0.2) is 24.7 Å². The maximum atomic E-state index is 13.1. The van der Waals surface area contributed by atoms with Gasteiger partial charge in [-0.1, -0.05) is 6.92 Å². The zero-order valence-electron chi connectivity index (χ0n) is 9.05. The highest BCUT2D eigenvalue weighted by molar-refractivity contribution is 5.79. The number of aromatic nitrogens is 4. The number of fused-ring (bicyclic) bond motifs is 3. The number of hydrogen-bond donors (Lipinski definition) is 1. The van der Waals surface area contributed by atoms with Crippen LogP contribution in [0.4, 0.5) is 4.39 Å². The van der Waals surface area contributed by atoms with Gasteiger partial charge in [-0.05, 0) is 12.1 Å². The number of halogens is 1. The average molecular weight is 232 g/mol. The predicted octanol–water partition coefficient (Wildman–Crippen LogP) is 1.68. The first-order valence-electron chi connectivity index (χ1n) is 5.23. The van der Waals surface area contributed by atoms with E-state index in [0.717, 1.165) is 0 Å². The number of nitrogens with zero attached hydrogens (tertiary/aromatic N) is 4. The molecule has 2 aromatic heterocycles. The Morgan fingerprint density at radius 2 is 2.18 bits per heavy atom. The van der Waals surface area contributed by atoms with E-state index in [4.69, 9.17) is 0 Å². The molecule has 0 radical (unpaired) electrons. The summed E-state index contributed by atoms with van der Waals surface area (Å²) in [5.74, 6) is 0.0690. The van der Waals surface area contributed by atoms with Crippen LogP contribution in [0.5, 0.6) is 5.88 Å². The molecule has 3 rings (SSSR count). The van der Waals surface area contributed by atoms with Crippen LogP contribution in [-0.2, 0) is 6.42 Å². The van der Waals surface area contributed by atoms with Crippen LogP contribution >= 0.6 is 0 Å². The maximum absolute atomic E-state index is 13.1. The molecule has 0 aliphatic carbocycles. The van der Waals surface area contributed by atoms with Crippen molar-refractivity contribution in [2.45, 2.75) is 13.3 Å². The molecule has 0 aliphatic rings. The largest absolute Gasteiger partial charge is 0.491 e. The van der Waals surface area contributed by atoms with Gasteiger partial charge in [0.1, 0.15) is 11.6 Å². The zero-order chi connectivity index (χ0) is 12.0. The Hall–Kier alpha value is -2.24. The molecule has 0 atom stereocenters. The summed E-state index contributed by atoms with van der Waals surface area (Å²) < 4.78 is 14.8. The van der Waals surface area contributed by atoms with Crippen LogP contribution in [0.15, 0.2) is 18.2 Å². The van der Waals surface area contributed by atoms with Gasteiger partial charge < -0.3 is 5.11 Å². The summed E-state index contributed by atoms with van der Waals surface area (Å²) in [6.45, 7) is 1.93. The Kier molecular flexibility index (Phi) is 1.98. The Morgan fingerprint density at radius 3 is 2.94 bits per heavy atom. The molecule has 0 bridgehead atoms. The fourth-order valence-electron chi connectivity index (χ4n) is 1.88. The molecule has 0 unspecified atom stereocenters. The Balaban J connectivity index is 2.56. The Bertz CT molecular complexity index is 722. The van der Waals surface area contributed by atoms with Gasteiger partial charge in [0, 0.05) is 12.5 Å². The molecule has 0 saturated heterocycles. The van der Waals surface area contributed by atoms with E-state index in [0.29, 0.717) is 28.9 Å². The lowest BCUT2D eigenvalue weighted by Gasteiger charge is -2.04. The number of aryl methyl sites for hydroxylation is 1. The highest BCUT2D eigenvalue weighted by Gasteiger charge is 2.13. The molecule has 0 fully saturated rings. The van der Waals surface area contributed by atoms with Crippen LogP contribution in [0.1, 0.15) is 12.7 Å².